The Morgan fingerprint density at radius 3 is 2.50 bits per heavy atom. The van der Waals surface area contributed by atoms with Crippen LogP contribution < -0.4 is 10.6 Å². The molecule has 0 fully saturated rings. The van der Waals surface area contributed by atoms with Crippen LogP contribution in [0.4, 0.5) is 5.69 Å². The molecule has 0 saturated carbocycles. The summed E-state index contributed by atoms with van der Waals surface area (Å²) >= 11 is 3.40. The maximum absolute atomic E-state index is 12.0. The van der Waals surface area contributed by atoms with Gasteiger partial charge in [-0.15, -0.1) is 0 Å². The van der Waals surface area contributed by atoms with Crippen LogP contribution in [0.5, 0.6) is 0 Å². The first-order valence-corrected chi connectivity index (χ1v) is 7.57. The maximum Gasteiger partial charge on any atom is 0.255 e. The number of anilines is 1. The lowest BCUT2D eigenvalue weighted by Crippen LogP contribution is -2.32. The Labute approximate surface area is 137 Å². The molecule has 2 amide bonds. The van der Waals surface area contributed by atoms with E-state index in [1.54, 1.807) is 26.0 Å². The largest absolute Gasteiger partial charge is 0.466 e. The molecule has 0 aliphatic heterocycles. The Bertz CT molecular complexity index is 722. The van der Waals surface area contributed by atoms with Crippen molar-refractivity contribution in [3.63, 3.8) is 0 Å². The van der Waals surface area contributed by atoms with Gasteiger partial charge in [-0.25, -0.2) is 0 Å². The number of hydrogen-bond acceptors (Lipinski definition) is 3. The van der Waals surface area contributed by atoms with Crippen LogP contribution in [0.1, 0.15) is 27.4 Å². The summed E-state index contributed by atoms with van der Waals surface area (Å²) in [6, 6.07) is 7.16. The van der Waals surface area contributed by atoms with Crippen LogP contribution in [0.2, 0.25) is 0 Å². The van der Waals surface area contributed by atoms with Gasteiger partial charge in [-0.1, -0.05) is 15.9 Å². The predicted molar refractivity (Wildman–Crippen MR) is 88.0 cm³/mol. The predicted octanol–water partition coefficient (Wildman–Crippen LogP) is 3.34. The highest BCUT2D eigenvalue weighted by Gasteiger charge is 2.14. The van der Waals surface area contributed by atoms with Crippen LogP contribution >= 0.6 is 15.9 Å². The van der Waals surface area contributed by atoms with Crippen molar-refractivity contribution in [1.29, 1.82) is 0 Å². The molecule has 1 heterocycles. The van der Waals surface area contributed by atoms with Gasteiger partial charge in [-0.05, 0) is 50.6 Å². The summed E-state index contributed by atoms with van der Waals surface area (Å²) in [7, 11) is 0. The van der Waals surface area contributed by atoms with Gasteiger partial charge in [0.15, 0.2) is 0 Å². The lowest BCUT2D eigenvalue weighted by atomic mass is 10.2. The van der Waals surface area contributed by atoms with E-state index in [4.69, 9.17) is 4.42 Å². The number of hydrogen-bond donors (Lipinski definition) is 2. The van der Waals surface area contributed by atoms with Gasteiger partial charge in [0.1, 0.15) is 11.5 Å². The van der Waals surface area contributed by atoms with E-state index in [1.165, 1.54) is 0 Å². The van der Waals surface area contributed by atoms with Gasteiger partial charge in [0, 0.05) is 10.2 Å². The number of rotatable bonds is 4. The average Bonchev–Trinajstić information content (AvgIpc) is 2.79. The van der Waals surface area contributed by atoms with Crippen LogP contribution in [0, 0.1) is 20.8 Å². The standard InChI is InChI=1S/C16H17BrN2O3/c1-9-6-12(4-5-14(9)17)19-15(20)8-18-16(21)13-7-10(2)22-11(13)3/h4-7H,8H2,1-3H3,(H,18,21)(H,19,20). The van der Waals surface area contributed by atoms with Crippen molar-refractivity contribution in [2.24, 2.45) is 0 Å². The fourth-order valence-electron chi connectivity index (χ4n) is 2.04. The normalized spacial score (nSPS) is 10.4. The van der Waals surface area contributed by atoms with E-state index in [9.17, 15) is 9.59 Å². The molecule has 0 bridgehead atoms. The summed E-state index contributed by atoms with van der Waals surface area (Å²) in [5.41, 5.74) is 2.16. The van der Waals surface area contributed by atoms with Crippen molar-refractivity contribution in [1.82, 2.24) is 5.32 Å². The van der Waals surface area contributed by atoms with Gasteiger partial charge in [0.05, 0.1) is 12.1 Å². The molecule has 0 unspecified atom stereocenters. The minimum Gasteiger partial charge on any atom is -0.466 e. The lowest BCUT2D eigenvalue weighted by Gasteiger charge is -2.08. The van der Waals surface area contributed by atoms with Crippen LogP contribution in [-0.4, -0.2) is 18.4 Å². The van der Waals surface area contributed by atoms with Crippen LogP contribution in [0.3, 0.4) is 0 Å². The van der Waals surface area contributed by atoms with Crippen molar-refractivity contribution < 1.29 is 14.0 Å². The molecule has 2 aromatic rings. The summed E-state index contributed by atoms with van der Waals surface area (Å²) in [5, 5.41) is 5.32. The number of benzene rings is 1. The van der Waals surface area contributed by atoms with E-state index in [2.05, 4.69) is 26.6 Å². The Balaban J connectivity index is 1.91. The molecular formula is C16H17BrN2O3. The number of furan rings is 1. The SMILES string of the molecule is Cc1cc(C(=O)NCC(=O)Nc2ccc(Br)c(C)c2)c(C)o1. The lowest BCUT2D eigenvalue weighted by molar-refractivity contribution is -0.115. The smallest absolute Gasteiger partial charge is 0.255 e. The third kappa shape index (κ3) is 3.98. The number of aryl methyl sites for hydroxylation is 3. The number of carbonyl (C=O) groups excluding carboxylic acids is 2. The quantitative estimate of drug-likeness (QED) is 0.873. The molecule has 1 aromatic carbocycles. The number of amides is 2. The van der Waals surface area contributed by atoms with Crippen molar-refractivity contribution in [2.75, 3.05) is 11.9 Å². The van der Waals surface area contributed by atoms with Gasteiger partial charge < -0.3 is 15.1 Å². The Morgan fingerprint density at radius 2 is 1.91 bits per heavy atom. The molecular weight excluding hydrogens is 348 g/mol. The highest BCUT2D eigenvalue weighted by molar-refractivity contribution is 9.10. The number of nitrogens with one attached hydrogen (secondary N) is 2. The third-order valence-corrected chi connectivity index (χ3v) is 4.03. The van der Waals surface area contributed by atoms with Gasteiger partial charge in [-0.3, -0.25) is 9.59 Å². The average molecular weight is 365 g/mol. The van der Waals surface area contributed by atoms with E-state index >= 15 is 0 Å². The fraction of sp³-hybridized carbons (Fsp3) is 0.250. The van der Waals surface area contributed by atoms with Gasteiger partial charge in [0.2, 0.25) is 5.91 Å². The van der Waals surface area contributed by atoms with Crippen LogP contribution in [0.25, 0.3) is 0 Å². The minimum atomic E-state index is -0.323. The zero-order valence-electron chi connectivity index (χ0n) is 12.6. The molecule has 0 saturated heterocycles. The second-order valence-corrected chi connectivity index (χ2v) is 5.88. The van der Waals surface area contributed by atoms with Gasteiger partial charge >= 0.3 is 0 Å². The Morgan fingerprint density at radius 1 is 1.18 bits per heavy atom. The second kappa shape index (κ2) is 6.79. The Kier molecular flexibility index (Phi) is 5.03. The summed E-state index contributed by atoms with van der Waals surface area (Å²) in [6.07, 6.45) is 0. The van der Waals surface area contributed by atoms with E-state index in [0.717, 1.165) is 10.0 Å². The molecule has 22 heavy (non-hydrogen) atoms. The van der Waals surface area contributed by atoms with Crippen LogP contribution in [0.15, 0.2) is 33.2 Å². The topological polar surface area (TPSA) is 71.3 Å². The molecule has 0 spiro atoms. The molecule has 116 valence electrons. The first kappa shape index (κ1) is 16.3. The van der Waals surface area contributed by atoms with Crippen molar-refractivity contribution >= 4 is 33.4 Å². The number of halogens is 1. The van der Waals surface area contributed by atoms with Gasteiger partial charge in [-0.2, -0.15) is 0 Å². The summed E-state index contributed by atoms with van der Waals surface area (Å²) in [6.45, 7) is 5.32. The first-order chi connectivity index (χ1) is 10.4. The second-order valence-electron chi connectivity index (χ2n) is 5.02. The molecule has 0 aliphatic carbocycles. The summed E-state index contributed by atoms with van der Waals surface area (Å²) < 4.78 is 6.27. The van der Waals surface area contributed by atoms with Crippen molar-refractivity contribution in [3.8, 4) is 0 Å². The van der Waals surface area contributed by atoms with E-state index in [1.807, 2.05) is 19.1 Å². The zero-order valence-corrected chi connectivity index (χ0v) is 14.2. The molecule has 2 N–H and O–H groups in total. The number of carbonyl (C=O) groups is 2. The zero-order chi connectivity index (χ0) is 16.3. The molecule has 2 rings (SSSR count). The van der Waals surface area contributed by atoms with Crippen molar-refractivity contribution in [3.05, 3.63) is 51.4 Å². The first-order valence-electron chi connectivity index (χ1n) is 6.78. The highest BCUT2D eigenvalue weighted by Crippen LogP contribution is 2.19. The third-order valence-electron chi connectivity index (χ3n) is 3.14. The highest BCUT2D eigenvalue weighted by atomic mass is 79.9. The fourth-order valence-corrected chi connectivity index (χ4v) is 2.29. The molecule has 0 radical (unpaired) electrons. The molecule has 0 atom stereocenters. The molecule has 1 aromatic heterocycles. The van der Waals surface area contributed by atoms with Gasteiger partial charge in [0.25, 0.3) is 5.91 Å². The molecule has 5 nitrogen and oxygen atoms in total. The minimum absolute atomic E-state index is 0.0996. The van der Waals surface area contributed by atoms with E-state index in [0.29, 0.717) is 22.8 Å². The summed E-state index contributed by atoms with van der Waals surface area (Å²) in [4.78, 5) is 23.9. The maximum atomic E-state index is 12.0. The Hall–Kier alpha value is -2.08. The summed E-state index contributed by atoms with van der Waals surface area (Å²) in [5.74, 6) is 0.598. The van der Waals surface area contributed by atoms with E-state index in [-0.39, 0.29) is 18.4 Å². The molecule has 6 heteroatoms. The molecule has 0 aliphatic rings. The van der Waals surface area contributed by atoms with E-state index < -0.39 is 0 Å². The van der Waals surface area contributed by atoms with Crippen molar-refractivity contribution in [2.45, 2.75) is 20.8 Å². The van der Waals surface area contributed by atoms with Crippen LogP contribution in [-0.2, 0) is 4.79 Å². The monoisotopic (exact) mass is 364 g/mol.